The zero-order chi connectivity index (χ0) is 13.6. The van der Waals surface area contributed by atoms with Crippen LogP contribution in [0.2, 0.25) is 5.02 Å². The molecule has 0 spiro atoms. The van der Waals surface area contributed by atoms with Crippen molar-refractivity contribution in [2.75, 3.05) is 5.73 Å². The summed E-state index contributed by atoms with van der Waals surface area (Å²) in [7, 11) is 0. The van der Waals surface area contributed by atoms with Crippen LogP contribution < -0.4 is 5.73 Å². The largest absolute Gasteiger partial charge is 0.396 e. The van der Waals surface area contributed by atoms with Gasteiger partial charge in [0.25, 0.3) is 0 Å². The topological polar surface area (TPSA) is 54.7 Å². The fraction of sp³-hybridized carbons (Fsp3) is 0. The van der Waals surface area contributed by atoms with Crippen molar-refractivity contribution >= 4 is 28.3 Å². The maximum atomic E-state index is 13.7. The lowest BCUT2D eigenvalue weighted by atomic mass is 10.1. The van der Waals surface area contributed by atoms with Gasteiger partial charge < -0.3 is 10.7 Å². The van der Waals surface area contributed by atoms with Gasteiger partial charge in [-0.15, -0.1) is 0 Å². The summed E-state index contributed by atoms with van der Waals surface area (Å²) in [6.45, 7) is 0. The first-order chi connectivity index (χ1) is 9.04. The van der Waals surface area contributed by atoms with E-state index < -0.39 is 11.6 Å². The molecule has 0 saturated carbocycles. The predicted molar refractivity (Wildman–Crippen MR) is 70.9 cm³/mol. The highest BCUT2D eigenvalue weighted by Gasteiger charge is 2.13. The Bertz CT molecular complexity index is 783. The predicted octanol–water partition coefficient (Wildman–Crippen LogP) is 3.74. The Hall–Kier alpha value is -2.14. The van der Waals surface area contributed by atoms with Crippen LogP contribution >= 0.6 is 11.6 Å². The number of nitrogens with zero attached hydrogens (tertiary/aromatic N) is 1. The van der Waals surface area contributed by atoms with E-state index in [0.717, 1.165) is 6.07 Å². The molecule has 3 aromatic rings. The van der Waals surface area contributed by atoms with Crippen LogP contribution in [0.25, 0.3) is 22.4 Å². The summed E-state index contributed by atoms with van der Waals surface area (Å²) in [6.07, 6.45) is 0. The number of H-pyrrole nitrogens is 1. The van der Waals surface area contributed by atoms with Crippen molar-refractivity contribution in [1.29, 1.82) is 0 Å². The molecular formula is C13H8ClF2N3. The van der Waals surface area contributed by atoms with Gasteiger partial charge in [-0.1, -0.05) is 11.6 Å². The van der Waals surface area contributed by atoms with Gasteiger partial charge in [0.1, 0.15) is 17.5 Å². The molecule has 0 amide bonds. The average molecular weight is 280 g/mol. The SMILES string of the molecule is Nc1cc(-c2nc3ccc(Cl)cc3[nH]2)c(F)cc1F. The molecule has 19 heavy (non-hydrogen) atoms. The highest BCUT2D eigenvalue weighted by molar-refractivity contribution is 6.31. The molecule has 3 rings (SSSR count). The standard InChI is InChI=1S/C13H8ClF2N3/c14-6-1-2-11-12(3-6)19-13(18-11)7-4-10(17)9(16)5-8(7)15/h1-5H,17H2,(H,18,19). The van der Waals surface area contributed by atoms with Crippen LogP contribution in [-0.4, -0.2) is 9.97 Å². The van der Waals surface area contributed by atoms with Crippen LogP contribution in [0, 0.1) is 11.6 Å². The lowest BCUT2D eigenvalue weighted by Crippen LogP contribution is -1.95. The molecule has 0 aliphatic rings. The highest BCUT2D eigenvalue weighted by Crippen LogP contribution is 2.27. The van der Waals surface area contributed by atoms with Crippen LogP contribution in [0.3, 0.4) is 0 Å². The summed E-state index contributed by atoms with van der Waals surface area (Å²) < 4.78 is 26.9. The average Bonchev–Trinajstić information content (AvgIpc) is 2.76. The Morgan fingerprint density at radius 2 is 1.89 bits per heavy atom. The number of anilines is 1. The zero-order valence-electron chi connectivity index (χ0n) is 9.55. The minimum absolute atomic E-state index is 0.117. The molecule has 0 unspecified atom stereocenters. The van der Waals surface area contributed by atoms with E-state index in [2.05, 4.69) is 9.97 Å². The van der Waals surface area contributed by atoms with Gasteiger partial charge in [-0.3, -0.25) is 0 Å². The molecular weight excluding hydrogens is 272 g/mol. The van der Waals surface area contributed by atoms with E-state index in [1.807, 2.05) is 0 Å². The fourth-order valence-electron chi connectivity index (χ4n) is 1.86. The Balaban J connectivity index is 2.21. The number of fused-ring (bicyclic) bond motifs is 1. The van der Waals surface area contributed by atoms with Gasteiger partial charge in [0.2, 0.25) is 0 Å². The monoisotopic (exact) mass is 279 g/mol. The number of halogens is 3. The third-order valence-electron chi connectivity index (χ3n) is 2.79. The van der Waals surface area contributed by atoms with E-state index >= 15 is 0 Å². The van der Waals surface area contributed by atoms with Gasteiger partial charge in [0.05, 0.1) is 22.3 Å². The van der Waals surface area contributed by atoms with Crippen LogP contribution in [0.5, 0.6) is 0 Å². The number of aromatic nitrogens is 2. The molecule has 3 N–H and O–H groups in total. The summed E-state index contributed by atoms with van der Waals surface area (Å²) in [4.78, 5) is 7.15. The van der Waals surface area contributed by atoms with Crippen LogP contribution in [0.4, 0.5) is 14.5 Å². The van der Waals surface area contributed by atoms with Crippen molar-refractivity contribution in [1.82, 2.24) is 9.97 Å². The molecule has 2 aromatic carbocycles. The van der Waals surface area contributed by atoms with Crippen molar-refractivity contribution in [2.45, 2.75) is 0 Å². The van der Waals surface area contributed by atoms with E-state index in [-0.39, 0.29) is 17.1 Å². The lowest BCUT2D eigenvalue weighted by molar-refractivity contribution is 0.588. The highest BCUT2D eigenvalue weighted by atomic mass is 35.5. The van der Waals surface area contributed by atoms with E-state index in [0.29, 0.717) is 16.1 Å². The van der Waals surface area contributed by atoms with Gasteiger partial charge in [-0.2, -0.15) is 0 Å². The van der Waals surface area contributed by atoms with Crippen molar-refractivity contribution in [2.24, 2.45) is 0 Å². The van der Waals surface area contributed by atoms with Crippen molar-refractivity contribution < 1.29 is 8.78 Å². The maximum Gasteiger partial charge on any atom is 0.149 e. The van der Waals surface area contributed by atoms with Gasteiger partial charge in [-0.25, -0.2) is 13.8 Å². The summed E-state index contributed by atoms with van der Waals surface area (Å²) in [5.74, 6) is -1.24. The van der Waals surface area contributed by atoms with Gasteiger partial charge in [0, 0.05) is 11.1 Å². The minimum atomic E-state index is -0.791. The number of nitrogen functional groups attached to an aromatic ring is 1. The summed E-state index contributed by atoms with van der Waals surface area (Å²) in [5, 5.41) is 0.543. The second-order valence-electron chi connectivity index (χ2n) is 4.10. The molecule has 0 fully saturated rings. The molecule has 0 bridgehead atoms. The Kier molecular flexibility index (Phi) is 2.64. The van der Waals surface area contributed by atoms with Gasteiger partial charge >= 0.3 is 0 Å². The third-order valence-corrected chi connectivity index (χ3v) is 3.02. The van der Waals surface area contributed by atoms with Gasteiger partial charge in [-0.05, 0) is 24.3 Å². The molecule has 0 aliphatic heterocycles. The molecule has 0 radical (unpaired) electrons. The summed E-state index contributed by atoms with van der Waals surface area (Å²) >= 11 is 5.86. The van der Waals surface area contributed by atoms with Crippen molar-refractivity contribution in [3.8, 4) is 11.4 Å². The maximum absolute atomic E-state index is 13.7. The number of nitrogens with one attached hydrogen (secondary N) is 1. The second-order valence-corrected chi connectivity index (χ2v) is 4.54. The van der Waals surface area contributed by atoms with E-state index in [4.69, 9.17) is 17.3 Å². The van der Waals surface area contributed by atoms with Crippen molar-refractivity contribution in [3.63, 3.8) is 0 Å². The first kappa shape index (κ1) is 11.9. The molecule has 1 aromatic heterocycles. The van der Waals surface area contributed by atoms with E-state index in [1.165, 1.54) is 6.07 Å². The smallest absolute Gasteiger partial charge is 0.149 e. The Morgan fingerprint density at radius 3 is 2.68 bits per heavy atom. The number of rotatable bonds is 1. The molecule has 1 heterocycles. The number of aromatic amines is 1. The molecule has 6 heteroatoms. The van der Waals surface area contributed by atoms with Gasteiger partial charge in [0.15, 0.2) is 0 Å². The molecule has 3 nitrogen and oxygen atoms in total. The number of nitrogens with two attached hydrogens (primary N) is 1. The van der Waals surface area contributed by atoms with Crippen LogP contribution in [-0.2, 0) is 0 Å². The Labute approximate surface area is 112 Å². The Morgan fingerprint density at radius 1 is 1.11 bits per heavy atom. The minimum Gasteiger partial charge on any atom is -0.396 e. The second kappa shape index (κ2) is 4.20. The van der Waals surface area contributed by atoms with Crippen molar-refractivity contribution in [3.05, 3.63) is 47.0 Å². The summed E-state index contributed by atoms with van der Waals surface area (Å²) in [5.41, 5.74) is 6.74. The fourth-order valence-corrected chi connectivity index (χ4v) is 2.03. The number of imidazole rings is 1. The molecule has 0 saturated heterocycles. The molecule has 0 aliphatic carbocycles. The first-order valence-corrected chi connectivity index (χ1v) is 5.82. The summed E-state index contributed by atoms with van der Waals surface area (Å²) in [6, 6.07) is 7.03. The number of benzene rings is 2. The first-order valence-electron chi connectivity index (χ1n) is 5.45. The number of hydrogen-bond acceptors (Lipinski definition) is 2. The van der Waals surface area contributed by atoms with Crippen LogP contribution in [0.1, 0.15) is 0 Å². The van der Waals surface area contributed by atoms with Crippen LogP contribution in [0.15, 0.2) is 30.3 Å². The molecule has 96 valence electrons. The number of hydrogen-bond donors (Lipinski definition) is 2. The lowest BCUT2D eigenvalue weighted by Gasteiger charge is -2.02. The van der Waals surface area contributed by atoms with E-state index in [1.54, 1.807) is 18.2 Å². The normalized spacial score (nSPS) is 11.1. The third kappa shape index (κ3) is 2.02. The zero-order valence-corrected chi connectivity index (χ0v) is 10.3. The quantitative estimate of drug-likeness (QED) is 0.667. The molecule has 0 atom stereocenters. The van der Waals surface area contributed by atoms with E-state index in [9.17, 15) is 8.78 Å².